The fraction of sp³-hybridized carbons (Fsp3) is 0.118. The number of aromatic nitrogens is 2. The van der Waals surface area contributed by atoms with Crippen LogP contribution in [0.2, 0.25) is 0 Å². The molecule has 1 heterocycles. The maximum Gasteiger partial charge on any atom is 0.186 e. The molecule has 0 atom stereocenters. The third-order valence-corrected chi connectivity index (χ3v) is 3.41. The summed E-state index contributed by atoms with van der Waals surface area (Å²) >= 11 is 0. The summed E-state index contributed by atoms with van der Waals surface area (Å²) in [6.45, 7) is 0.410. The molecule has 0 bridgehead atoms. The Labute approximate surface area is 131 Å². The normalized spacial score (nSPS) is 10.5. The highest BCUT2D eigenvalue weighted by Crippen LogP contribution is 2.23. The van der Waals surface area contributed by atoms with Gasteiger partial charge in [0.25, 0.3) is 0 Å². The maximum atomic E-state index is 13.2. The summed E-state index contributed by atoms with van der Waals surface area (Å²) in [5.41, 5.74) is 1.98. The molecule has 0 unspecified atom stereocenters. The third kappa shape index (κ3) is 3.24. The van der Waals surface area contributed by atoms with Gasteiger partial charge in [-0.05, 0) is 30.2 Å². The lowest BCUT2D eigenvalue weighted by Gasteiger charge is -2.10. The molecule has 0 amide bonds. The van der Waals surface area contributed by atoms with Crippen molar-refractivity contribution in [1.29, 1.82) is 5.26 Å². The first kappa shape index (κ1) is 14.9. The molecule has 3 rings (SSSR count). The molecule has 0 aliphatic rings. The maximum absolute atomic E-state index is 13.2. The quantitative estimate of drug-likeness (QED) is 0.802. The fourth-order valence-electron chi connectivity index (χ4n) is 2.40. The van der Waals surface area contributed by atoms with Gasteiger partial charge in [0, 0.05) is 18.0 Å². The van der Waals surface area contributed by atoms with Crippen molar-refractivity contribution in [2.45, 2.75) is 6.42 Å². The predicted molar refractivity (Wildman–Crippen MR) is 82.8 cm³/mol. The molecule has 1 N–H and O–H groups in total. The van der Waals surface area contributed by atoms with E-state index >= 15 is 0 Å². The Balaban J connectivity index is 1.83. The van der Waals surface area contributed by atoms with Crippen molar-refractivity contribution in [3.05, 3.63) is 65.4 Å². The summed E-state index contributed by atoms with van der Waals surface area (Å²) in [6.07, 6.45) is 0.413. The lowest BCUT2D eigenvalue weighted by Crippen LogP contribution is -2.09. The average Bonchev–Trinajstić information content (AvgIpc) is 2.54. The largest absolute Gasteiger partial charge is 0.382 e. The number of nitrogens with one attached hydrogen (secondary N) is 1. The van der Waals surface area contributed by atoms with Crippen LogP contribution in [0.3, 0.4) is 0 Å². The second-order valence-electron chi connectivity index (χ2n) is 5.01. The number of benzene rings is 2. The van der Waals surface area contributed by atoms with Crippen molar-refractivity contribution < 1.29 is 8.78 Å². The Morgan fingerprint density at radius 3 is 2.52 bits per heavy atom. The highest BCUT2D eigenvalue weighted by Gasteiger charge is 2.10. The number of nitrogens with zero attached hydrogens (tertiary/aromatic N) is 3. The summed E-state index contributed by atoms with van der Waals surface area (Å²) in [7, 11) is 0. The van der Waals surface area contributed by atoms with E-state index in [1.807, 2.05) is 24.3 Å². The van der Waals surface area contributed by atoms with Gasteiger partial charge in [0.05, 0.1) is 11.2 Å². The highest BCUT2D eigenvalue weighted by molar-refractivity contribution is 5.92. The molecule has 0 fully saturated rings. The van der Waals surface area contributed by atoms with E-state index in [1.165, 1.54) is 12.1 Å². The van der Waals surface area contributed by atoms with Crippen molar-refractivity contribution in [2.24, 2.45) is 0 Å². The molecule has 114 valence electrons. The second-order valence-corrected chi connectivity index (χ2v) is 5.01. The molecular formula is C17H12F2N4. The van der Waals surface area contributed by atoms with Gasteiger partial charge in [-0.2, -0.15) is 5.26 Å². The standard InChI is InChI=1S/C17H12F2N4/c18-12-7-11(8-13(19)9-12)5-6-21-17-14-3-1-2-4-15(14)22-23-16(17)10-20/h1-4,7-9H,5-6H2,(H,21,22). The summed E-state index contributed by atoms with van der Waals surface area (Å²) < 4.78 is 26.4. The van der Waals surface area contributed by atoms with E-state index in [2.05, 4.69) is 15.5 Å². The van der Waals surface area contributed by atoms with Gasteiger partial charge >= 0.3 is 0 Å². The van der Waals surface area contributed by atoms with E-state index in [4.69, 9.17) is 0 Å². The number of fused-ring (bicyclic) bond motifs is 1. The predicted octanol–water partition coefficient (Wildman–Crippen LogP) is 3.43. The summed E-state index contributed by atoms with van der Waals surface area (Å²) in [4.78, 5) is 0. The topological polar surface area (TPSA) is 61.6 Å². The monoisotopic (exact) mass is 310 g/mol. The first-order chi connectivity index (χ1) is 11.2. The minimum Gasteiger partial charge on any atom is -0.382 e. The second kappa shape index (κ2) is 6.36. The van der Waals surface area contributed by atoms with Gasteiger partial charge in [-0.25, -0.2) is 8.78 Å². The molecule has 0 saturated carbocycles. The first-order valence-electron chi connectivity index (χ1n) is 7.02. The minimum absolute atomic E-state index is 0.189. The van der Waals surface area contributed by atoms with Crippen molar-refractivity contribution in [3.8, 4) is 6.07 Å². The van der Waals surface area contributed by atoms with Gasteiger partial charge in [0.15, 0.2) is 5.69 Å². The van der Waals surface area contributed by atoms with Gasteiger partial charge in [0.2, 0.25) is 0 Å². The molecule has 4 nitrogen and oxygen atoms in total. The molecule has 0 aliphatic heterocycles. The van der Waals surface area contributed by atoms with Crippen LogP contribution in [0.25, 0.3) is 10.9 Å². The number of hydrogen-bond donors (Lipinski definition) is 1. The molecular weight excluding hydrogens is 298 g/mol. The smallest absolute Gasteiger partial charge is 0.186 e. The molecule has 3 aromatic rings. The Morgan fingerprint density at radius 1 is 1.04 bits per heavy atom. The van der Waals surface area contributed by atoms with Crippen LogP contribution < -0.4 is 5.32 Å². The molecule has 23 heavy (non-hydrogen) atoms. The zero-order valence-corrected chi connectivity index (χ0v) is 12.1. The Kier molecular flexibility index (Phi) is 4.11. The first-order valence-corrected chi connectivity index (χ1v) is 7.02. The van der Waals surface area contributed by atoms with Crippen LogP contribution in [0.1, 0.15) is 11.3 Å². The van der Waals surface area contributed by atoms with E-state index in [9.17, 15) is 14.0 Å². The average molecular weight is 310 g/mol. The zero-order valence-electron chi connectivity index (χ0n) is 12.1. The van der Waals surface area contributed by atoms with Gasteiger partial charge < -0.3 is 5.32 Å². The van der Waals surface area contributed by atoms with Crippen molar-refractivity contribution in [1.82, 2.24) is 10.2 Å². The van der Waals surface area contributed by atoms with Gasteiger partial charge in [-0.3, -0.25) is 0 Å². The van der Waals surface area contributed by atoms with Crippen LogP contribution in [-0.2, 0) is 6.42 Å². The molecule has 0 radical (unpaired) electrons. The van der Waals surface area contributed by atoms with Gasteiger partial charge in [0.1, 0.15) is 17.7 Å². The minimum atomic E-state index is -0.603. The van der Waals surface area contributed by atoms with Crippen LogP contribution in [0.4, 0.5) is 14.5 Å². The highest BCUT2D eigenvalue weighted by atomic mass is 19.1. The third-order valence-electron chi connectivity index (χ3n) is 3.41. The van der Waals surface area contributed by atoms with E-state index < -0.39 is 11.6 Å². The van der Waals surface area contributed by atoms with Crippen LogP contribution >= 0.6 is 0 Å². The fourth-order valence-corrected chi connectivity index (χ4v) is 2.40. The molecule has 0 spiro atoms. The van der Waals surface area contributed by atoms with Crippen LogP contribution in [0.5, 0.6) is 0 Å². The van der Waals surface area contributed by atoms with Crippen LogP contribution in [-0.4, -0.2) is 16.7 Å². The van der Waals surface area contributed by atoms with Crippen molar-refractivity contribution in [3.63, 3.8) is 0 Å². The molecule has 0 saturated heterocycles. The van der Waals surface area contributed by atoms with Gasteiger partial charge in [-0.15, -0.1) is 10.2 Å². The van der Waals surface area contributed by atoms with E-state index in [0.717, 1.165) is 11.5 Å². The van der Waals surface area contributed by atoms with E-state index in [0.29, 0.717) is 29.7 Å². The summed E-state index contributed by atoms with van der Waals surface area (Å²) in [5, 5.41) is 21.0. The van der Waals surface area contributed by atoms with Gasteiger partial charge in [-0.1, -0.05) is 18.2 Å². The van der Waals surface area contributed by atoms with Crippen LogP contribution in [0.15, 0.2) is 42.5 Å². The van der Waals surface area contributed by atoms with Crippen LogP contribution in [0, 0.1) is 23.0 Å². The molecule has 6 heteroatoms. The Morgan fingerprint density at radius 2 is 1.78 bits per heavy atom. The number of nitriles is 1. The van der Waals surface area contributed by atoms with E-state index in [1.54, 1.807) is 6.07 Å². The lowest BCUT2D eigenvalue weighted by atomic mass is 10.1. The van der Waals surface area contributed by atoms with E-state index in [-0.39, 0.29) is 5.69 Å². The summed E-state index contributed by atoms with van der Waals surface area (Å²) in [5.74, 6) is -1.21. The number of rotatable bonds is 4. The Hall–Kier alpha value is -3.07. The lowest BCUT2D eigenvalue weighted by molar-refractivity contribution is 0.580. The SMILES string of the molecule is N#Cc1nnc2ccccc2c1NCCc1cc(F)cc(F)c1. The Bertz CT molecular complexity index is 882. The number of hydrogen-bond acceptors (Lipinski definition) is 4. The summed E-state index contributed by atoms with van der Waals surface area (Å²) in [6, 6.07) is 12.7. The molecule has 2 aromatic carbocycles. The molecule has 0 aliphatic carbocycles. The molecule has 1 aromatic heterocycles. The zero-order chi connectivity index (χ0) is 16.2. The van der Waals surface area contributed by atoms with Crippen molar-refractivity contribution in [2.75, 3.05) is 11.9 Å². The number of halogens is 2. The van der Waals surface area contributed by atoms with Crippen molar-refractivity contribution >= 4 is 16.6 Å². The number of anilines is 1.